The second-order valence-electron chi connectivity index (χ2n) is 6.06. The molecule has 1 heterocycles. The van der Waals surface area contributed by atoms with Crippen molar-refractivity contribution in [3.8, 4) is 11.1 Å². The van der Waals surface area contributed by atoms with Crippen LogP contribution in [-0.2, 0) is 0 Å². The van der Waals surface area contributed by atoms with E-state index in [9.17, 15) is 0 Å². The van der Waals surface area contributed by atoms with Gasteiger partial charge in [0, 0.05) is 12.4 Å². The van der Waals surface area contributed by atoms with E-state index in [1.807, 2.05) is 12.4 Å². The first-order valence-electron chi connectivity index (χ1n) is 7.90. The van der Waals surface area contributed by atoms with Crippen LogP contribution < -0.4 is 0 Å². The van der Waals surface area contributed by atoms with Gasteiger partial charge < -0.3 is 0 Å². The van der Waals surface area contributed by atoms with Gasteiger partial charge in [0.05, 0.1) is 0 Å². The van der Waals surface area contributed by atoms with E-state index in [1.54, 1.807) is 0 Å². The third-order valence-corrected chi connectivity index (χ3v) is 3.99. The molecular formula is C22H21N. The molecule has 0 aliphatic rings. The molecule has 0 fully saturated rings. The van der Waals surface area contributed by atoms with Crippen molar-refractivity contribution in [2.45, 2.75) is 20.8 Å². The Kier molecular flexibility index (Phi) is 4.38. The van der Waals surface area contributed by atoms with Crippen molar-refractivity contribution < 1.29 is 0 Å². The number of hydrogen-bond acceptors (Lipinski definition) is 1. The first-order valence-corrected chi connectivity index (χ1v) is 7.90. The van der Waals surface area contributed by atoms with Crippen molar-refractivity contribution in [2.24, 2.45) is 0 Å². The zero-order valence-electron chi connectivity index (χ0n) is 13.9. The summed E-state index contributed by atoms with van der Waals surface area (Å²) in [5, 5.41) is 0. The average Bonchev–Trinajstić information content (AvgIpc) is 2.56. The number of hydrogen-bond donors (Lipinski definition) is 0. The second kappa shape index (κ2) is 6.62. The molecule has 2 aromatic carbocycles. The van der Waals surface area contributed by atoms with Gasteiger partial charge in [-0.15, -0.1) is 0 Å². The molecule has 0 atom stereocenters. The Morgan fingerprint density at radius 2 is 1.39 bits per heavy atom. The van der Waals surface area contributed by atoms with Gasteiger partial charge in [0.2, 0.25) is 0 Å². The third kappa shape index (κ3) is 3.40. The molecular weight excluding hydrogens is 278 g/mol. The van der Waals surface area contributed by atoms with Crippen molar-refractivity contribution in [3.05, 3.63) is 95.3 Å². The topological polar surface area (TPSA) is 12.9 Å². The van der Waals surface area contributed by atoms with Gasteiger partial charge in [0.1, 0.15) is 0 Å². The van der Waals surface area contributed by atoms with Crippen LogP contribution in [0.5, 0.6) is 0 Å². The lowest BCUT2D eigenvalue weighted by Gasteiger charge is -2.12. The molecule has 0 amide bonds. The summed E-state index contributed by atoms with van der Waals surface area (Å²) in [5.41, 5.74) is 8.84. The summed E-state index contributed by atoms with van der Waals surface area (Å²) in [6.45, 7) is 6.44. The van der Waals surface area contributed by atoms with Crippen LogP contribution in [0.1, 0.15) is 30.5 Å². The highest BCUT2D eigenvalue weighted by molar-refractivity contribution is 5.82. The van der Waals surface area contributed by atoms with Gasteiger partial charge >= 0.3 is 0 Å². The molecule has 3 rings (SSSR count). The zero-order valence-corrected chi connectivity index (χ0v) is 13.9. The van der Waals surface area contributed by atoms with Crippen molar-refractivity contribution in [3.63, 3.8) is 0 Å². The van der Waals surface area contributed by atoms with Gasteiger partial charge in [-0.2, -0.15) is 0 Å². The van der Waals surface area contributed by atoms with Gasteiger partial charge in [-0.3, -0.25) is 4.98 Å². The zero-order chi connectivity index (χ0) is 16.2. The van der Waals surface area contributed by atoms with Crippen LogP contribution in [0, 0.1) is 6.92 Å². The molecule has 0 aliphatic carbocycles. The summed E-state index contributed by atoms with van der Waals surface area (Å²) >= 11 is 0. The predicted octanol–water partition coefficient (Wildman–Crippen LogP) is 5.90. The number of rotatable bonds is 3. The lowest BCUT2D eigenvalue weighted by atomic mass is 9.93. The Balaban J connectivity index is 2.00. The van der Waals surface area contributed by atoms with Crippen LogP contribution in [0.25, 0.3) is 16.7 Å². The number of pyridine rings is 1. The Morgan fingerprint density at radius 3 is 2.00 bits per heavy atom. The third-order valence-electron chi connectivity index (χ3n) is 3.99. The average molecular weight is 299 g/mol. The van der Waals surface area contributed by atoms with E-state index < -0.39 is 0 Å². The van der Waals surface area contributed by atoms with Crippen LogP contribution in [0.15, 0.2) is 78.6 Å². The predicted molar refractivity (Wildman–Crippen MR) is 98.2 cm³/mol. The van der Waals surface area contributed by atoms with Crippen molar-refractivity contribution >= 4 is 5.57 Å². The standard InChI is InChI=1S/C22H21N/c1-16(2)22(20-11-13-23-14-12-20)19-9-7-18(8-10-19)21-6-4-5-17(3)15-21/h4-15H,1-3H3. The quantitative estimate of drug-likeness (QED) is 0.587. The van der Waals surface area contributed by atoms with Crippen LogP contribution in [0.3, 0.4) is 0 Å². The molecule has 3 aromatic rings. The smallest absolute Gasteiger partial charge is 0.0273 e. The molecule has 0 saturated carbocycles. The van der Waals surface area contributed by atoms with E-state index in [2.05, 4.69) is 86.4 Å². The lowest BCUT2D eigenvalue weighted by Crippen LogP contribution is -1.91. The molecule has 114 valence electrons. The van der Waals surface area contributed by atoms with Gasteiger partial charge in [0.15, 0.2) is 0 Å². The Morgan fingerprint density at radius 1 is 0.739 bits per heavy atom. The molecule has 0 N–H and O–H groups in total. The number of aromatic nitrogens is 1. The minimum atomic E-state index is 1.21. The van der Waals surface area contributed by atoms with Crippen LogP contribution >= 0.6 is 0 Å². The van der Waals surface area contributed by atoms with E-state index in [-0.39, 0.29) is 0 Å². The largest absolute Gasteiger partial charge is 0.265 e. The number of benzene rings is 2. The maximum absolute atomic E-state index is 4.12. The molecule has 0 bridgehead atoms. The Hall–Kier alpha value is -2.67. The highest BCUT2D eigenvalue weighted by atomic mass is 14.6. The molecule has 0 spiro atoms. The molecule has 0 saturated heterocycles. The first-order chi connectivity index (χ1) is 11.1. The molecule has 0 radical (unpaired) electrons. The monoisotopic (exact) mass is 299 g/mol. The summed E-state index contributed by atoms with van der Waals surface area (Å²) in [6, 6.07) is 21.6. The number of allylic oxidation sites excluding steroid dienone is 1. The minimum absolute atomic E-state index is 1.21. The van der Waals surface area contributed by atoms with E-state index in [0.717, 1.165) is 0 Å². The van der Waals surface area contributed by atoms with Crippen LogP contribution in [0.4, 0.5) is 0 Å². The van der Waals surface area contributed by atoms with Crippen molar-refractivity contribution in [1.82, 2.24) is 4.98 Å². The van der Waals surface area contributed by atoms with E-state index >= 15 is 0 Å². The summed E-state index contributed by atoms with van der Waals surface area (Å²) in [4.78, 5) is 4.12. The van der Waals surface area contributed by atoms with Crippen molar-refractivity contribution in [1.29, 1.82) is 0 Å². The van der Waals surface area contributed by atoms with Gasteiger partial charge in [-0.1, -0.05) is 59.7 Å². The van der Waals surface area contributed by atoms with E-state index in [4.69, 9.17) is 0 Å². The molecule has 0 unspecified atom stereocenters. The SMILES string of the molecule is CC(C)=C(c1ccncc1)c1ccc(-c2cccc(C)c2)cc1. The maximum atomic E-state index is 4.12. The molecule has 0 aliphatic heterocycles. The summed E-state index contributed by atoms with van der Waals surface area (Å²) in [7, 11) is 0. The fourth-order valence-corrected chi connectivity index (χ4v) is 2.92. The van der Waals surface area contributed by atoms with Gasteiger partial charge in [-0.05, 0) is 60.7 Å². The van der Waals surface area contributed by atoms with Crippen LogP contribution in [-0.4, -0.2) is 4.98 Å². The van der Waals surface area contributed by atoms with E-state index in [1.165, 1.54) is 39.0 Å². The van der Waals surface area contributed by atoms with E-state index in [0.29, 0.717) is 0 Å². The molecule has 1 heteroatoms. The molecule has 1 aromatic heterocycles. The Labute approximate surface area is 138 Å². The fraction of sp³-hybridized carbons (Fsp3) is 0.136. The summed E-state index contributed by atoms with van der Waals surface area (Å²) < 4.78 is 0. The normalized spacial score (nSPS) is 10.4. The molecule has 23 heavy (non-hydrogen) atoms. The lowest BCUT2D eigenvalue weighted by molar-refractivity contribution is 1.30. The Bertz CT molecular complexity index is 823. The molecule has 1 nitrogen and oxygen atoms in total. The second-order valence-corrected chi connectivity index (χ2v) is 6.06. The highest BCUT2D eigenvalue weighted by Crippen LogP contribution is 2.29. The fourth-order valence-electron chi connectivity index (χ4n) is 2.92. The van der Waals surface area contributed by atoms with Gasteiger partial charge in [0.25, 0.3) is 0 Å². The minimum Gasteiger partial charge on any atom is -0.265 e. The van der Waals surface area contributed by atoms with Crippen molar-refractivity contribution in [2.75, 3.05) is 0 Å². The summed E-state index contributed by atoms with van der Waals surface area (Å²) in [5.74, 6) is 0. The maximum Gasteiger partial charge on any atom is 0.0273 e. The van der Waals surface area contributed by atoms with Gasteiger partial charge in [-0.25, -0.2) is 0 Å². The number of nitrogens with zero attached hydrogens (tertiary/aromatic N) is 1. The highest BCUT2D eigenvalue weighted by Gasteiger charge is 2.07. The number of aryl methyl sites for hydroxylation is 1. The van der Waals surface area contributed by atoms with Crippen LogP contribution in [0.2, 0.25) is 0 Å². The first kappa shape index (κ1) is 15.2. The summed E-state index contributed by atoms with van der Waals surface area (Å²) in [6.07, 6.45) is 3.69.